The lowest BCUT2D eigenvalue weighted by Gasteiger charge is -2.13. The standard InChI is InChI=1S/C17H20N4O2/c1-23-15-8-7-13(9-15)20-17(22)21-14-10-18-16(19-11-14)12-5-3-2-4-6-12/h2-6,10-11,13,15H,7-9H2,1H3,(H2,20,21,22)/t13-,15+/m0/s1. The van der Waals surface area contributed by atoms with Crippen LogP contribution in [0.15, 0.2) is 42.7 Å². The second kappa shape index (κ2) is 7.19. The van der Waals surface area contributed by atoms with Crippen LogP contribution in [0.2, 0.25) is 0 Å². The highest BCUT2D eigenvalue weighted by Gasteiger charge is 2.25. The molecule has 1 fully saturated rings. The maximum absolute atomic E-state index is 12.0. The predicted octanol–water partition coefficient (Wildman–Crippen LogP) is 2.83. The Hall–Kier alpha value is -2.47. The molecule has 0 aliphatic heterocycles. The van der Waals surface area contributed by atoms with Gasteiger partial charge in [0.1, 0.15) is 0 Å². The van der Waals surface area contributed by atoms with E-state index in [1.54, 1.807) is 19.5 Å². The summed E-state index contributed by atoms with van der Waals surface area (Å²) in [5, 5.41) is 5.72. The Bertz CT molecular complexity index is 645. The summed E-state index contributed by atoms with van der Waals surface area (Å²) in [6.07, 6.45) is 6.25. The summed E-state index contributed by atoms with van der Waals surface area (Å²) in [5.41, 5.74) is 1.52. The van der Waals surface area contributed by atoms with Gasteiger partial charge in [-0.15, -0.1) is 0 Å². The van der Waals surface area contributed by atoms with E-state index >= 15 is 0 Å². The number of hydrogen-bond acceptors (Lipinski definition) is 4. The zero-order valence-electron chi connectivity index (χ0n) is 13.0. The minimum absolute atomic E-state index is 0.157. The first-order valence-electron chi connectivity index (χ1n) is 7.72. The van der Waals surface area contributed by atoms with Gasteiger partial charge in [0.05, 0.1) is 24.2 Å². The van der Waals surface area contributed by atoms with Gasteiger partial charge in [0, 0.05) is 18.7 Å². The molecule has 0 radical (unpaired) electrons. The van der Waals surface area contributed by atoms with Crippen LogP contribution in [-0.4, -0.2) is 35.3 Å². The highest BCUT2D eigenvalue weighted by atomic mass is 16.5. The number of carbonyl (C=O) groups is 1. The topological polar surface area (TPSA) is 76.1 Å². The minimum Gasteiger partial charge on any atom is -0.381 e. The van der Waals surface area contributed by atoms with Crippen molar-refractivity contribution in [3.05, 3.63) is 42.7 Å². The lowest BCUT2D eigenvalue weighted by molar-refractivity contribution is 0.107. The molecule has 6 heteroatoms. The smallest absolute Gasteiger partial charge is 0.319 e. The van der Waals surface area contributed by atoms with Crippen LogP contribution < -0.4 is 10.6 Å². The number of hydrogen-bond donors (Lipinski definition) is 2. The van der Waals surface area contributed by atoms with Gasteiger partial charge in [-0.1, -0.05) is 30.3 Å². The first-order valence-corrected chi connectivity index (χ1v) is 7.72. The van der Waals surface area contributed by atoms with Gasteiger partial charge in [0.15, 0.2) is 5.82 Å². The highest BCUT2D eigenvalue weighted by molar-refractivity contribution is 5.89. The molecule has 2 amide bonds. The van der Waals surface area contributed by atoms with E-state index in [-0.39, 0.29) is 18.2 Å². The molecular formula is C17H20N4O2. The van der Waals surface area contributed by atoms with Crippen molar-refractivity contribution in [2.45, 2.75) is 31.4 Å². The van der Waals surface area contributed by atoms with Crippen LogP contribution in [0.25, 0.3) is 11.4 Å². The number of anilines is 1. The average molecular weight is 312 g/mol. The molecular weight excluding hydrogens is 292 g/mol. The van der Waals surface area contributed by atoms with E-state index in [0.717, 1.165) is 24.8 Å². The number of nitrogens with one attached hydrogen (secondary N) is 2. The van der Waals surface area contributed by atoms with Crippen molar-refractivity contribution in [3.8, 4) is 11.4 Å². The first-order chi connectivity index (χ1) is 11.2. The van der Waals surface area contributed by atoms with E-state index in [1.807, 2.05) is 30.3 Å². The Labute approximate surface area is 135 Å². The molecule has 1 aromatic heterocycles. The van der Waals surface area contributed by atoms with E-state index in [0.29, 0.717) is 11.5 Å². The third kappa shape index (κ3) is 4.04. The maximum atomic E-state index is 12.0. The summed E-state index contributed by atoms with van der Waals surface area (Å²) in [5.74, 6) is 0.635. The number of rotatable bonds is 4. The fraction of sp³-hybridized carbons (Fsp3) is 0.353. The fourth-order valence-electron chi connectivity index (χ4n) is 2.77. The van der Waals surface area contributed by atoms with Crippen molar-refractivity contribution in [1.29, 1.82) is 0 Å². The molecule has 6 nitrogen and oxygen atoms in total. The molecule has 0 saturated heterocycles. The van der Waals surface area contributed by atoms with Crippen LogP contribution in [0.3, 0.4) is 0 Å². The van der Waals surface area contributed by atoms with Crippen molar-refractivity contribution >= 4 is 11.7 Å². The monoisotopic (exact) mass is 312 g/mol. The molecule has 2 atom stereocenters. The summed E-state index contributed by atoms with van der Waals surface area (Å²) >= 11 is 0. The number of amides is 2. The SMILES string of the molecule is CO[C@@H]1CC[C@H](NC(=O)Nc2cnc(-c3ccccc3)nc2)C1. The van der Waals surface area contributed by atoms with E-state index in [4.69, 9.17) is 4.74 Å². The Kier molecular flexibility index (Phi) is 4.83. The van der Waals surface area contributed by atoms with E-state index in [2.05, 4.69) is 20.6 Å². The Morgan fingerprint density at radius 3 is 2.57 bits per heavy atom. The quantitative estimate of drug-likeness (QED) is 0.910. The van der Waals surface area contributed by atoms with Crippen LogP contribution in [-0.2, 0) is 4.74 Å². The third-order valence-electron chi connectivity index (χ3n) is 3.99. The molecule has 1 heterocycles. The van der Waals surface area contributed by atoms with Crippen LogP contribution in [0.4, 0.5) is 10.5 Å². The lowest BCUT2D eigenvalue weighted by atomic mass is 10.2. The third-order valence-corrected chi connectivity index (χ3v) is 3.99. The van der Waals surface area contributed by atoms with Gasteiger partial charge in [-0.25, -0.2) is 14.8 Å². The van der Waals surface area contributed by atoms with E-state index in [9.17, 15) is 4.79 Å². The van der Waals surface area contributed by atoms with E-state index in [1.165, 1.54) is 0 Å². The van der Waals surface area contributed by atoms with Gasteiger partial charge in [0.25, 0.3) is 0 Å². The molecule has 0 unspecified atom stereocenters. The minimum atomic E-state index is -0.234. The van der Waals surface area contributed by atoms with Gasteiger partial charge in [0.2, 0.25) is 0 Å². The number of aromatic nitrogens is 2. The lowest BCUT2D eigenvalue weighted by Crippen LogP contribution is -2.36. The van der Waals surface area contributed by atoms with Crippen molar-refractivity contribution in [3.63, 3.8) is 0 Å². The molecule has 0 bridgehead atoms. The van der Waals surface area contributed by atoms with E-state index < -0.39 is 0 Å². The second-order valence-corrected chi connectivity index (χ2v) is 5.63. The summed E-state index contributed by atoms with van der Waals surface area (Å²) in [6.45, 7) is 0. The first kappa shape index (κ1) is 15.4. The van der Waals surface area contributed by atoms with Crippen molar-refractivity contribution in [2.75, 3.05) is 12.4 Å². The normalized spacial score (nSPS) is 20.2. The Morgan fingerprint density at radius 2 is 1.91 bits per heavy atom. The molecule has 1 aliphatic rings. The molecule has 1 aromatic carbocycles. The zero-order chi connectivity index (χ0) is 16.1. The molecule has 1 aliphatic carbocycles. The highest BCUT2D eigenvalue weighted by Crippen LogP contribution is 2.21. The number of carbonyl (C=O) groups excluding carboxylic acids is 1. The number of benzene rings is 1. The molecule has 120 valence electrons. The van der Waals surface area contributed by atoms with Gasteiger partial charge in [-0.05, 0) is 19.3 Å². The number of nitrogens with zero attached hydrogens (tertiary/aromatic N) is 2. The molecule has 3 rings (SSSR count). The Morgan fingerprint density at radius 1 is 1.17 bits per heavy atom. The second-order valence-electron chi connectivity index (χ2n) is 5.63. The number of urea groups is 1. The predicted molar refractivity (Wildman–Crippen MR) is 88.1 cm³/mol. The van der Waals surface area contributed by atoms with Gasteiger partial charge < -0.3 is 15.4 Å². The molecule has 23 heavy (non-hydrogen) atoms. The van der Waals surface area contributed by atoms with Gasteiger partial charge in [-0.2, -0.15) is 0 Å². The summed E-state index contributed by atoms with van der Waals surface area (Å²) < 4.78 is 5.30. The molecule has 0 spiro atoms. The van der Waals surface area contributed by atoms with Gasteiger partial charge in [-0.3, -0.25) is 0 Å². The molecule has 2 N–H and O–H groups in total. The van der Waals surface area contributed by atoms with Crippen LogP contribution in [0.1, 0.15) is 19.3 Å². The van der Waals surface area contributed by atoms with Crippen LogP contribution >= 0.6 is 0 Å². The molecule has 2 aromatic rings. The largest absolute Gasteiger partial charge is 0.381 e. The van der Waals surface area contributed by atoms with Gasteiger partial charge >= 0.3 is 6.03 Å². The molecule has 1 saturated carbocycles. The summed E-state index contributed by atoms with van der Waals surface area (Å²) in [4.78, 5) is 20.6. The van der Waals surface area contributed by atoms with Crippen molar-refractivity contribution < 1.29 is 9.53 Å². The number of ether oxygens (including phenoxy) is 1. The van der Waals surface area contributed by atoms with Crippen molar-refractivity contribution in [2.24, 2.45) is 0 Å². The van der Waals surface area contributed by atoms with Crippen LogP contribution in [0, 0.1) is 0 Å². The zero-order valence-corrected chi connectivity index (χ0v) is 13.0. The van der Waals surface area contributed by atoms with Crippen LogP contribution in [0.5, 0.6) is 0 Å². The average Bonchev–Trinajstić information content (AvgIpc) is 3.04. The maximum Gasteiger partial charge on any atom is 0.319 e. The fourth-order valence-corrected chi connectivity index (χ4v) is 2.77. The summed E-state index contributed by atoms with van der Waals surface area (Å²) in [6, 6.07) is 9.64. The Balaban J connectivity index is 1.55. The number of methoxy groups -OCH3 is 1. The van der Waals surface area contributed by atoms with Crippen molar-refractivity contribution in [1.82, 2.24) is 15.3 Å². The summed E-state index contributed by atoms with van der Waals surface area (Å²) in [7, 11) is 1.71.